The fourth-order valence-corrected chi connectivity index (χ4v) is 9.52. The van der Waals surface area contributed by atoms with Gasteiger partial charge in [-0.2, -0.15) is 0 Å². The minimum absolute atomic E-state index is 0.624. The van der Waals surface area contributed by atoms with Crippen molar-refractivity contribution < 1.29 is 4.42 Å². The highest BCUT2D eigenvalue weighted by molar-refractivity contribution is 6.31. The van der Waals surface area contributed by atoms with Crippen LogP contribution in [-0.2, 0) is 0 Å². The Bertz CT molecular complexity index is 3850. The Hall–Kier alpha value is -8.02. The quantitative estimate of drug-likeness (QED) is 0.180. The molecule has 59 heavy (non-hydrogen) atoms. The van der Waals surface area contributed by atoms with Crippen LogP contribution in [0.3, 0.4) is 0 Å². The van der Waals surface area contributed by atoms with E-state index in [0.29, 0.717) is 5.95 Å². The lowest BCUT2D eigenvalue weighted by molar-refractivity contribution is 0.669. The van der Waals surface area contributed by atoms with Crippen LogP contribution in [0, 0.1) is 0 Å². The summed E-state index contributed by atoms with van der Waals surface area (Å²) in [4.78, 5) is 10.8. The monoisotopic (exact) mass is 752 g/mol. The van der Waals surface area contributed by atoms with Gasteiger partial charge in [-0.15, -0.1) is 0 Å². The van der Waals surface area contributed by atoms with Crippen LogP contribution in [0.1, 0.15) is 0 Å². The standard InChI is InChI=1S/C54H32N4O/c1-2-13-33(14-3-1)35-16-12-17-37(31-35)57-46-29-30-47-50(51(46)43-28-25-34-15-4-5-18-38(34)53(43)57)42-21-7-10-23-45(42)58(47)54-55-44-22-9-6-20-41(44)52(56-54)36-26-27-40-39-19-8-11-24-48(39)59-49(40)32-36/h1-32H. The van der Waals surface area contributed by atoms with Gasteiger partial charge in [0.1, 0.15) is 11.2 Å². The molecule has 0 spiro atoms. The van der Waals surface area contributed by atoms with Gasteiger partial charge >= 0.3 is 0 Å². The maximum atomic E-state index is 6.36. The zero-order chi connectivity index (χ0) is 38.6. The number of para-hydroxylation sites is 3. The largest absolute Gasteiger partial charge is 0.456 e. The molecule has 0 aliphatic carbocycles. The first-order valence-corrected chi connectivity index (χ1v) is 20.0. The van der Waals surface area contributed by atoms with Crippen molar-refractivity contribution in [2.24, 2.45) is 0 Å². The summed E-state index contributed by atoms with van der Waals surface area (Å²) in [5, 5.41) is 10.4. The van der Waals surface area contributed by atoms with Gasteiger partial charge in [-0.25, -0.2) is 9.97 Å². The molecule has 5 heteroatoms. The van der Waals surface area contributed by atoms with Gasteiger partial charge in [-0.1, -0.05) is 140 Å². The van der Waals surface area contributed by atoms with Crippen LogP contribution >= 0.6 is 0 Å². The lowest BCUT2D eigenvalue weighted by atomic mass is 10.0. The molecule has 0 radical (unpaired) electrons. The molecule has 0 fully saturated rings. The Morgan fingerprint density at radius 1 is 0.373 bits per heavy atom. The van der Waals surface area contributed by atoms with Crippen LogP contribution in [-0.4, -0.2) is 19.1 Å². The van der Waals surface area contributed by atoms with E-state index in [1.807, 2.05) is 18.2 Å². The van der Waals surface area contributed by atoms with E-state index < -0.39 is 0 Å². The average Bonchev–Trinajstić information content (AvgIpc) is 3.96. The smallest absolute Gasteiger partial charge is 0.235 e. The predicted molar refractivity (Wildman–Crippen MR) is 244 cm³/mol. The second-order valence-electron chi connectivity index (χ2n) is 15.3. The van der Waals surface area contributed by atoms with Crippen LogP contribution in [0.15, 0.2) is 199 Å². The van der Waals surface area contributed by atoms with E-state index in [0.717, 1.165) is 71.7 Å². The summed E-state index contributed by atoms with van der Waals surface area (Å²) in [7, 11) is 0. The summed E-state index contributed by atoms with van der Waals surface area (Å²) in [5.74, 6) is 0.624. The Balaban J connectivity index is 1.11. The van der Waals surface area contributed by atoms with Gasteiger partial charge in [0.25, 0.3) is 0 Å². The van der Waals surface area contributed by atoms with Gasteiger partial charge in [0.2, 0.25) is 5.95 Å². The van der Waals surface area contributed by atoms with E-state index in [4.69, 9.17) is 14.4 Å². The summed E-state index contributed by atoms with van der Waals surface area (Å²) in [6.07, 6.45) is 0. The molecular weight excluding hydrogens is 721 g/mol. The first kappa shape index (κ1) is 32.1. The summed E-state index contributed by atoms with van der Waals surface area (Å²) in [5.41, 5.74) is 12.4. The Kier molecular flexibility index (Phi) is 6.66. The minimum Gasteiger partial charge on any atom is -0.456 e. The molecular formula is C54H32N4O. The van der Waals surface area contributed by atoms with Gasteiger partial charge in [-0.05, 0) is 71.1 Å². The van der Waals surface area contributed by atoms with Crippen molar-refractivity contribution in [2.75, 3.05) is 0 Å². The fourth-order valence-electron chi connectivity index (χ4n) is 9.52. The number of benzene rings is 9. The highest BCUT2D eigenvalue weighted by atomic mass is 16.3. The molecule has 274 valence electrons. The number of aromatic nitrogens is 4. The maximum absolute atomic E-state index is 6.36. The van der Waals surface area contributed by atoms with Gasteiger partial charge in [0, 0.05) is 54.3 Å². The lowest BCUT2D eigenvalue weighted by Gasteiger charge is -2.12. The third-order valence-electron chi connectivity index (χ3n) is 12.1. The van der Waals surface area contributed by atoms with E-state index in [2.05, 4.69) is 185 Å². The van der Waals surface area contributed by atoms with Gasteiger partial charge in [0.05, 0.1) is 33.3 Å². The summed E-state index contributed by atoms with van der Waals surface area (Å²) in [6, 6.07) is 69.0. The highest BCUT2D eigenvalue weighted by Gasteiger charge is 2.24. The Morgan fingerprint density at radius 3 is 1.95 bits per heavy atom. The number of rotatable bonds is 4. The first-order chi connectivity index (χ1) is 29.3. The summed E-state index contributed by atoms with van der Waals surface area (Å²) < 4.78 is 11.1. The zero-order valence-corrected chi connectivity index (χ0v) is 31.7. The third-order valence-corrected chi connectivity index (χ3v) is 12.1. The molecule has 9 aromatic carbocycles. The predicted octanol–water partition coefficient (Wildman–Crippen LogP) is 14.2. The zero-order valence-electron chi connectivity index (χ0n) is 31.7. The molecule has 0 bridgehead atoms. The maximum Gasteiger partial charge on any atom is 0.235 e. The molecule has 0 N–H and O–H groups in total. The summed E-state index contributed by atoms with van der Waals surface area (Å²) in [6.45, 7) is 0. The molecule has 0 amide bonds. The molecule has 0 aliphatic rings. The molecule has 13 aromatic rings. The minimum atomic E-state index is 0.624. The molecule has 0 saturated carbocycles. The van der Waals surface area contributed by atoms with E-state index in [1.165, 1.54) is 43.6 Å². The number of hydrogen-bond acceptors (Lipinski definition) is 3. The fraction of sp³-hybridized carbons (Fsp3) is 0. The van der Waals surface area contributed by atoms with Crippen molar-refractivity contribution in [3.05, 3.63) is 194 Å². The number of fused-ring (bicyclic) bond motifs is 13. The van der Waals surface area contributed by atoms with Crippen molar-refractivity contribution in [3.8, 4) is 34.0 Å². The van der Waals surface area contributed by atoms with Crippen molar-refractivity contribution >= 4 is 87.2 Å². The summed E-state index contributed by atoms with van der Waals surface area (Å²) >= 11 is 0. The lowest BCUT2D eigenvalue weighted by Crippen LogP contribution is -2.03. The molecule has 13 rings (SSSR count). The van der Waals surface area contributed by atoms with Crippen LogP contribution in [0.5, 0.6) is 0 Å². The van der Waals surface area contributed by atoms with Crippen LogP contribution < -0.4 is 0 Å². The van der Waals surface area contributed by atoms with E-state index in [-0.39, 0.29) is 0 Å². The topological polar surface area (TPSA) is 48.8 Å². The van der Waals surface area contributed by atoms with Gasteiger partial charge in [-0.3, -0.25) is 4.57 Å². The Morgan fingerprint density at radius 2 is 1.05 bits per heavy atom. The normalized spacial score (nSPS) is 12.1. The molecule has 0 aliphatic heterocycles. The van der Waals surface area contributed by atoms with Crippen LogP contribution in [0.25, 0.3) is 121 Å². The number of nitrogens with zero attached hydrogens (tertiary/aromatic N) is 4. The van der Waals surface area contributed by atoms with Gasteiger partial charge in [0.15, 0.2) is 0 Å². The van der Waals surface area contributed by atoms with Crippen molar-refractivity contribution in [2.45, 2.75) is 0 Å². The van der Waals surface area contributed by atoms with E-state index in [9.17, 15) is 0 Å². The van der Waals surface area contributed by atoms with Crippen molar-refractivity contribution in [1.29, 1.82) is 0 Å². The number of hydrogen-bond donors (Lipinski definition) is 0. The van der Waals surface area contributed by atoms with E-state index >= 15 is 0 Å². The van der Waals surface area contributed by atoms with E-state index in [1.54, 1.807) is 0 Å². The van der Waals surface area contributed by atoms with Crippen molar-refractivity contribution in [1.82, 2.24) is 19.1 Å². The highest BCUT2D eigenvalue weighted by Crippen LogP contribution is 2.44. The van der Waals surface area contributed by atoms with Crippen LogP contribution in [0.4, 0.5) is 0 Å². The first-order valence-electron chi connectivity index (χ1n) is 20.0. The number of furan rings is 1. The van der Waals surface area contributed by atoms with Crippen LogP contribution in [0.2, 0.25) is 0 Å². The molecule has 0 unspecified atom stereocenters. The van der Waals surface area contributed by atoms with Crippen molar-refractivity contribution in [3.63, 3.8) is 0 Å². The molecule has 4 heterocycles. The van der Waals surface area contributed by atoms with Gasteiger partial charge < -0.3 is 8.98 Å². The SMILES string of the molecule is c1ccc(-c2cccc(-n3c4ccc5c(c6ccccc6n5-c5nc(-c6ccc7c(c6)oc6ccccc67)c6ccccc6n5)c4c4ccc5ccccc5c43)c2)cc1. The second-order valence-corrected chi connectivity index (χ2v) is 15.3. The average molecular weight is 753 g/mol. The molecule has 0 saturated heterocycles. The molecule has 0 atom stereocenters. The Labute approximate surface area is 337 Å². The molecule has 4 aromatic heterocycles. The second kappa shape index (κ2) is 12.2. The molecule has 5 nitrogen and oxygen atoms in total. The third kappa shape index (κ3) is 4.67.